The van der Waals surface area contributed by atoms with Crippen LogP contribution in [-0.4, -0.2) is 42.9 Å². The smallest absolute Gasteiger partial charge is 0.166 e. The van der Waals surface area contributed by atoms with Crippen molar-refractivity contribution in [3.8, 4) is 0 Å². The predicted octanol–water partition coefficient (Wildman–Crippen LogP) is 2.16. The molecule has 0 spiro atoms. The number of rotatable bonds is 6. The van der Waals surface area contributed by atoms with Crippen LogP contribution >= 0.6 is 24.0 Å². The largest absolute Gasteiger partial charge is 0.385 e. The quantitative estimate of drug-likeness (QED) is 0.574. The highest BCUT2D eigenvalue weighted by atomic mass is 32.2. The van der Waals surface area contributed by atoms with E-state index < -0.39 is 0 Å². The summed E-state index contributed by atoms with van der Waals surface area (Å²) in [7, 11) is 1.72. The molecule has 0 aromatic carbocycles. The molecule has 0 saturated heterocycles. The van der Waals surface area contributed by atoms with Gasteiger partial charge in [0.15, 0.2) is 5.11 Å². The fraction of sp³-hybridized carbons (Fsp3) is 0.917. The minimum atomic E-state index is 0.570. The molecule has 17 heavy (non-hydrogen) atoms. The third-order valence-electron chi connectivity index (χ3n) is 3.15. The molecule has 2 N–H and O–H groups in total. The number of methoxy groups -OCH3 is 1. The van der Waals surface area contributed by atoms with Crippen molar-refractivity contribution in [2.45, 2.75) is 43.4 Å². The predicted molar refractivity (Wildman–Crippen MR) is 79.8 cm³/mol. The Bertz CT molecular complexity index is 219. The molecule has 0 bridgehead atoms. The first-order chi connectivity index (χ1) is 8.26. The summed E-state index contributed by atoms with van der Waals surface area (Å²) >= 11 is 7.27. The molecular formula is C12H24N2OS2. The van der Waals surface area contributed by atoms with Crippen molar-refractivity contribution in [2.75, 3.05) is 26.5 Å². The molecule has 1 saturated carbocycles. The summed E-state index contributed by atoms with van der Waals surface area (Å²) in [5.41, 5.74) is 0. The molecule has 5 heteroatoms. The van der Waals surface area contributed by atoms with E-state index in [4.69, 9.17) is 17.0 Å². The normalized spacial score (nSPS) is 24.4. The van der Waals surface area contributed by atoms with E-state index in [9.17, 15) is 0 Å². The van der Waals surface area contributed by atoms with Crippen LogP contribution in [0.3, 0.4) is 0 Å². The van der Waals surface area contributed by atoms with Gasteiger partial charge in [0.05, 0.1) is 0 Å². The van der Waals surface area contributed by atoms with Crippen LogP contribution in [0.2, 0.25) is 0 Å². The van der Waals surface area contributed by atoms with Gasteiger partial charge in [0.1, 0.15) is 0 Å². The van der Waals surface area contributed by atoms with E-state index in [1.165, 1.54) is 25.7 Å². The van der Waals surface area contributed by atoms with E-state index in [0.717, 1.165) is 29.9 Å². The van der Waals surface area contributed by atoms with Crippen molar-refractivity contribution in [1.82, 2.24) is 10.6 Å². The number of hydrogen-bond acceptors (Lipinski definition) is 3. The Labute approximate surface area is 114 Å². The van der Waals surface area contributed by atoms with Crippen LogP contribution in [0.5, 0.6) is 0 Å². The number of thioether (sulfide) groups is 1. The van der Waals surface area contributed by atoms with Gasteiger partial charge in [-0.1, -0.05) is 0 Å². The maximum atomic E-state index is 5.27. The minimum absolute atomic E-state index is 0.570. The van der Waals surface area contributed by atoms with Crippen molar-refractivity contribution < 1.29 is 4.74 Å². The summed E-state index contributed by atoms with van der Waals surface area (Å²) in [4.78, 5) is 0. The Morgan fingerprint density at radius 2 is 2.06 bits per heavy atom. The number of thiocarbonyl (C=S) groups is 1. The van der Waals surface area contributed by atoms with Crippen molar-refractivity contribution in [1.29, 1.82) is 0 Å². The van der Waals surface area contributed by atoms with Crippen LogP contribution in [0.25, 0.3) is 0 Å². The molecule has 0 aromatic rings. The van der Waals surface area contributed by atoms with Gasteiger partial charge in [0, 0.05) is 31.6 Å². The highest BCUT2D eigenvalue weighted by molar-refractivity contribution is 7.99. The Kier molecular flexibility index (Phi) is 7.97. The van der Waals surface area contributed by atoms with Gasteiger partial charge in [-0.15, -0.1) is 0 Å². The summed E-state index contributed by atoms with van der Waals surface area (Å²) in [5, 5.41) is 8.29. The van der Waals surface area contributed by atoms with Crippen LogP contribution in [0.4, 0.5) is 0 Å². The van der Waals surface area contributed by atoms with Crippen LogP contribution < -0.4 is 10.6 Å². The highest BCUT2D eigenvalue weighted by Gasteiger charge is 2.20. The molecule has 1 aliphatic carbocycles. The van der Waals surface area contributed by atoms with Gasteiger partial charge in [0.25, 0.3) is 0 Å². The molecule has 0 heterocycles. The molecule has 0 radical (unpaired) electrons. The van der Waals surface area contributed by atoms with Gasteiger partial charge in [-0.05, 0) is 50.6 Å². The van der Waals surface area contributed by atoms with Crippen LogP contribution in [0, 0.1) is 0 Å². The van der Waals surface area contributed by atoms with Crippen molar-refractivity contribution >= 4 is 29.1 Å². The lowest BCUT2D eigenvalue weighted by Crippen LogP contribution is -2.44. The minimum Gasteiger partial charge on any atom is -0.385 e. The molecule has 0 aromatic heterocycles. The Balaban J connectivity index is 2.06. The monoisotopic (exact) mass is 276 g/mol. The van der Waals surface area contributed by atoms with E-state index in [-0.39, 0.29) is 0 Å². The van der Waals surface area contributed by atoms with Gasteiger partial charge in [-0.2, -0.15) is 11.8 Å². The summed E-state index contributed by atoms with van der Waals surface area (Å²) in [6.45, 7) is 1.67. The van der Waals surface area contributed by atoms with E-state index in [1.807, 2.05) is 11.8 Å². The first-order valence-corrected chi connectivity index (χ1v) is 8.02. The van der Waals surface area contributed by atoms with E-state index in [0.29, 0.717) is 6.04 Å². The Morgan fingerprint density at radius 3 is 2.65 bits per heavy atom. The Morgan fingerprint density at radius 1 is 1.35 bits per heavy atom. The average Bonchev–Trinajstić information content (AvgIpc) is 2.36. The van der Waals surface area contributed by atoms with Gasteiger partial charge < -0.3 is 15.4 Å². The summed E-state index contributed by atoms with van der Waals surface area (Å²) < 4.78 is 4.99. The van der Waals surface area contributed by atoms with Gasteiger partial charge in [-0.25, -0.2) is 0 Å². The number of hydrogen-bond donors (Lipinski definition) is 2. The average molecular weight is 276 g/mol. The highest BCUT2D eigenvalue weighted by Crippen LogP contribution is 2.26. The topological polar surface area (TPSA) is 33.3 Å². The fourth-order valence-corrected chi connectivity index (χ4v) is 3.11. The van der Waals surface area contributed by atoms with E-state index in [1.54, 1.807) is 7.11 Å². The zero-order chi connectivity index (χ0) is 12.5. The maximum Gasteiger partial charge on any atom is 0.166 e. The van der Waals surface area contributed by atoms with Gasteiger partial charge in [-0.3, -0.25) is 0 Å². The third kappa shape index (κ3) is 6.48. The maximum absolute atomic E-state index is 5.27. The molecule has 1 aliphatic rings. The lowest BCUT2D eigenvalue weighted by atomic mass is 9.95. The Hall–Kier alpha value is 0. The van der Waals surface area contributed by atoms with Crippen molar-refractivity contribution in [3.05, 3.63) is 0 Å². The summed E-state index contributed by atoms with van der Waals surface area (Å²) in [6, 6.07) is 0.570. The second-order valence-corrected chi connectivity index (χ2v) is 6.00. The molecule has 1 fully saturated rings. The van der Waals surface area contributed by atoms with E-state index in [2.05, 4.69) is 16.9 Å². The van der Waals surface area contributed by atoms with Gasteiger partial charge in [0.2, 0.25) is 0 Å². The molecule has 3 nitrogen and oxygen atoms in total. The van der Waals surface area contributed by atoms with Crippen LogP contribution in [0.1, 0.15) is 32.1 Å². The third-order valence-corrected chi connectivity index (χ3v) is 4.55. The summed E-state index contributed by atoms with van der Waals surface area (Å²) in [5.74, 6) is 0. The molecule has 0 unspecified atom stereocenters. The second-order valence-electron chi connectivity index (χ2n) is 4.46. The van der Waals surface area contributed by atoms with Crippen molar-refractivity contribution in [2.24, 2.45) is 0 Å². The first-order valence-electron chi connectivity index (χ1n) is 6.32. The standard InChI is InChI=1S/C12H24N2OS2/c1-15-9-3-8-13-12(16)14-10-4-6-11(17-2)7-5-10/h10-11H,3-9H2,1-2H3,(H2,13,14,16). The van der Waals surface area contributed by atoms with E-state index >= 15 is 0 Å². The molecule has 1 rings (SSSR count). The zero-order valence-electron chi connectivity index (χ0n) is 10.8. The van der Waals surface area contributed by atoms with Crippen molar-refractivity contribution in [3.63, 3.8) is 0 Å². The number of ether oxygens (including phenoxy) is 1. The molecule has 0 amide bonds. The van der Waals surface area contributed by atoms with Crippen LogP contribution in [-0.2, 0) is 4.74 Å². The fourth-order valence-electron chi connectivity index (χ4n) is 2.10. The molecule has 100 valence electrons. The SMILES string of the molecule is COCCCNC(=S)NC1CCC(SC)CC1. The second kappa shape index (κ2) is 9.00. The lowest BCUT2D eigenvalue weighted by Gasteiger charge is -2.29. The molecular weight excluding hydrogens is 252 g/mol. The first kappa shape index (κ1) is 15.1. The van der Waals surface area contributed by atoms with Gasteiger partial charge >= 0.3 is 0 Å². The molecule has 0 atom stereocenters. The summed E-state index contributed by atoms with van der Waals surface area (Å²) in [6.07, 6.45) is 8.31. The molecule has 0 aliphatic heterocycles. The lowest BCUT2D eigenvalue weighted by molar-refractivity contribution is 0.195. The number of nitrogens with one attached hydrogen (secondary N) is 2. The zero-order valence-corrected chi connectivity index (χ0v) is 12.5. The van der Waals surface area contributed by atoms with Crippen LogP contribution in [0.15, 0.2) is 0 Å².